The van der Waals surface area contributed by atoms with Crippen molar-refractivity contribution < 1.29 is 9.59 Å². The number of fused-ring (bicyclic) bond motifs is 10. The highest BCUT2D eigenvalue weighted by molar-refractivity contribution is 5.96. The van der Waals surface area contributed by atoms with Gasteiger partial charge in [-0.1, -0.05) is 53.4 Å². The monoisotopic (exact) mass is 546 g/mol. The van der Waals surface area contributed by atoms with Gasteiger partial charge in [0, 0.05) is 23.7 Å². The van der Waals surface area contributed by atoms with Crippen molar-refractivity contribution in [3.05, 3.63) is 0 Å². The van der Waals surface area contributed by atoms with E-state index in [1.807, 2.05) is 0 Å². The molecular formula is C38H58O2. The number of ketones is 2. The van der Waals surface area contributed by atoms with E-state index in [2.05, 4.69) is 27.7 Å². The van der Waals surface area contributed by atoms with Gasteiger partial charge in [-0.15, -0.1) is 0 Å². The lowest BCUT2D eigenvalue weighted by Gasteiger charge is -2.60. The van der Waals surface area contributed by atoms with Crippen LogP contribution in [0.4, 0.5) is 0 Å². The third-order valence-electron chi connectivity index (χ3n) is 17.3. The third-order valence-corrected chi connectivity index (χ3v) is 17.3. The molecule has 0 aromatic carbocycles. The summed E-state index contributed by atoms with van der Waals surface area (Å²) in [5.41, 5.74) is 0.921. The summed E-state index contributed by atoms with van der Waals surface area (Å²) < 4.78 is 0. The first-order valence-corrected chi connectivity index (χ1v) is 18.2. The predicted molar refractivity (Wildman–Crippen MR) is 160 cm³/mol. The number of hydrogen-bond donors (Lipinski definition) is 0. The second-order valence-corrected chi connectivity index (χ2v) is 18.2. The number of hydrogen-bond acceptors (Lipinski definition) is 2. The fourth-order valence-electron chi connectivity index (χ4n) is 15.3. The van der Waals surface area contributed by atoms with Crippen molar-refractivity contribution in [2.24, 2.45) is 80.8 Å². The van der Waals surface area contributed by atoms with Crippen molar-refractivity contribution in [2.75, 3.05) is 0 Å². The van der Waals surface area contributed by atoms with Gasteiger partial charge < -0.3 is 0 Å². The molecule has 0 bridgehead atoms. The average Bonchev–Trinajstić information content (AvgIpc) is 3.36. The van der Waals surface area contributed by atoms with Crippen molar-refractivity contribution in [2.45, 2.75) is 143 Å². The van der Waals surface area contributed by atoms with Crippen LogP contribution in [0.15, 0.2) is 0 Å². The molecule has 2 nitrogen and oxygen atoms in total. The normalized spacial score (nSPS) is 59.2. The van der Waals surface area contributed by atoms with Crippen LogP contribution in [0, 0.1) is 80.8 Å². The van der Waals surface area contributed by atoms with E-state index < -0.39 is 0 Å². The molecule has 0 radical (unpaired) electrons. The number of carbonyl (C=O) groups is 2. The molecule has 0 unspecified atom stereocenters. The van der Waals surface area contributed by atoms with Crippen LogP contribution in [0.25, 0.3) is 0 Å². The van der Waals surface area contributed by atoms with Crippen LogP contribution >= 0.6 is 0 Å². The lowest BCUT2D eigenvalue weighted by molar-refractivity contribution is -0.144. The highest BCUT2D eigenvalue weighted by Gasteiger charge is 2.68. The smallest absolute Gasteiger partial charge is 0.142 e. The molecule has 0 aliphatic heterocycles. The van der Waals surface area contributed by atoms with Gasteiger partial charge in [0.2, 0.25) is 0 Å². The zero-order valence-electron chi connectivity index (χ0n) is 26.3. The van der Waals surface area contributed by atoms with Crippen LogP contribution in [-0.4, -0.2) is 11.6 Å². The fraction of sp³-hybridized carbons (Fsp3) is 0.947. The van der Waals surface area contributed by atoms with Crippen molar-refractivity contribution >= 4 is 11.6 Å². The van der Waals surface area contributed by atoms with Gasteiger partial charge in [0.15, 0.2) is 0 Å². The highest BCUT2D eigenvalue weighted by atomic mass is 16.1. The van der Waals surface area contributed by atoms with E-state index in [1.54, 1.807) is 0 Å². The molecular weight excluding hydrogens is 488 g/mol. The quantitative estimate of drug-likeness (QED) is 0.328. The summed E-state index contributed by atoms with van der Waals surface area (Å²) in [7, 11) is 0. The summed E-state index contributed by atoms with van der Waals surface area (Å²) >= 11 is 0. The zero-order chi connectivity index (χ0) is 27.7. The van der Waals surface area contributed by atoms with E-state index in [1.165, 1.54) is 96.3 Å². The molecule has 0 aromatic rings. The van der Waals surface area contributed by atoms with Gasteiger partial charge in [-0.2, -0.15) is 0 Å². The maximum absolute atomic E-state index is 14.6. The second-order valence-electron chi connectivity index (χ2n) is 18.2. The molecule has 0 heterocycles. The van der Waals surface area contributed by atoms with Crippen molar-refractivity contribution in [1.82, 2.24) is 0 Å². The van der Waals surface area contributed by atoms with Gasteiger partial charge >= 0.3 is 0 Å². The molecule has 8 aliphatic rings. The van der Waals surface area contributed by atoms with Gasteiger partial charge in [-0.05, 0) is 147 Å². The summed E-state index contributed by atoms with van der Waals surface area (Å²) in [6.45, 7) is 10.2. The first kappa shape index (κ1) is 26.9. The van der Waals surface area contributed by atoms with Crippen LogP contribution in [0.2, 0.25) is 0 Å². The van der Waals surface area contributed by atoms with Crippen LogP contribution in [0.1, 0.15) is 143 Å². The molecule has 0 spiro atoms. The molecule has 2 heteroatoms. The minimum Gasteiger partial charge on any atom is -0.299 e. The van der Waals surface area contributed by atoms with Gasteiger partial charge in [0.25, 0.3) is 0 Å². The lowest BCUT2D eigenvalue weighted by atomic mass is 9.44. The standard InChI is InChI=1S/C38H58O2/c1-35-17-7-5-10-24(35)12-14-26-28(35)15-19-37(3)31(26)22-32(39)33(37)27-21-30-25-13-11-23-9-6-8-18-36(23,2)29(25)16-20-38(30,4)34(27)40/h23-31,33H,5-22H2,1-4H3/t23-,24-,25-,26-,27+,28+,29+,30+,31+,33+,35+,36+,37+,38+/m1/s1. The molecule has 8 fully saturated rings. The summed E-state index contributed by atoms with van der Waals surface area (Å²) in [4.78, 5) is 28.8. The number of Topliss-reactive ketones (excluding diaryl/α,β-unsaturated/α-hetero) is 2. The molecule has 8 rings (SSSR count). The minimum atomic E-state index is -0.163. The van der Waals surface area contributed by atoms with Crippen molar-refractivity contribution in [1.29, 1.82) is 0 Å². The van der Waals surface area contributed by atoms with E-state index in [9.17, 15) is 9.59 Å². The molecule has 8 aliphatic carbocycles. The SMILES string of the molecule is C[C@]12CCCC[C@@H]1CC[C@@H]1[C@@H]2CC[C@]2(C)[C@@H]([C@@H]3C[C@H]4[C@@H]5CC[C@H]6CCCC[C@]6(C)[C@H]5CC[C@]4(C)C3=O)C(=O)C[C@@H]12. The Morgan fingerprint density at radius 3 is 1.75 bits per heavy atom. The van der Waals surface area contributed by atoms with Crippen LogP contribution in [0.5, 0.6) is 0 Å². The van der Waals surface area contributed by atoms with E-state index in [-0.39, 0.29) is 22.7 Å². The summed E-state index contributed by atoms with van der Waals surface area (Å²) in [6, 6.07) is 0. The second kappa shape index (κ2) is 8.94. The first-order valence-electron chi connectivity index (χ1n) is 18.2. The molecule has 40 heavy (non-hydrogen) atoms. The largest absolute Gasteiger partial charge is 0.299 e. The molecule has 8 saturated carbocycles. The predicted octanol–water partition coefficient (Wildman–Crippen LogP) is 9.44. The Hall–Kier alpha value is -0.660. The van der Waals surface area contributed by atoms with Gasteiger partial charge in [0.05, 0.1) is 0 Å². The maximum Gasteiger partial charge on any atom is 0.142 e. The van der Waals surface area contributed by atoms with Gasteiger partial charge in [-0.3, -0.25) is 9.59 Å². The highest BCUT2D eigenvalue weighted by Crippen LogP contribution is 2.71. The maximum atomic E-state index is 14.6. The Morgan fingerprint density at radius 1 is 0.550 bits per heavy atom. The van der Waals surface area contributed by atoms with Crippen LogP contribution in [0.3, 0.4) is 0 Å². The summed E-state index contributed by atoms with van der Waals surface area (Å²) in [5, 5.41) is 0. The lowest BCUT2D eigenvalue weighted by Crippen LogP contribution is -2.53. The Labute approximate surface area is 245 Å². The van der Waals surface area contributed by atoms with Crippen LogP contribution in [-0.2, 0) is 9.59 Å². The Morgan fingerprint density at radius 2 is 1.12 bits per heavy atom. The van der Waals surface area contributed by atoms with E-state index in [0.717, 1.165) is 54.8 Å². The number of carbonyl (C=O) groups excluding carboxylic acids is 2. The molecule has 0 amide bonds. The van der Waals surface area contributed by atoms with E-state index in [0.29, 0.717) is 34.2 Å². The van der Waals surface area contributed by atoms with E-state index in [4.69, 9.17) is 0 Å². The Bertz CT molecular complexity index is 1080. The Balaban J connectivity index is 1.08. The first-order chi connectivity index (χ1) is 19.1. The molecule has 0 aromatic heterocycles. The number of rotatable bonds is 1. The van der Waals surface area contributed by atoms with Crippen molar-refractivity contribution in [3.63, 3.8) is 0 Å². The van der Waals surface area contributed by atoms with Gasteiger partial charge in [0.1, 0.15) is 11.6 Å². The molecule has 222 valence electrons. The summed E-state index contributed by atoms with van der Waals surface area (Å²) in [6.07, 6.45) is 23.7. The van der Waals surface area contributed by atoms with Crippen molar-refractivity contribution in [3.8, 4) is 0 Å². The molecule has 0 N–H and O–H groups in total. The minimum absolute atomic E-state index is 0.0188. The van der Waals surface area contributed by atoms with E-state index >= 15 is 0 Å². The average molecular weight is 547 g/mol. The topological polar surface area (TPSA) is 34.1 Å². The third kappa shape index (κ3) is 3.35. The van der Waals surface area contributed by atoms with Gasteiger partial charge in [-0.25, -0.2) is 0 Å². The fourth-order valence-corrected chi connectivity index (χ4v) is 15.3. The molecule has 0 saturated heterocycles. The zero-order valence-corrected chi connectivity index (χ0v) is 26.3. The Kier molecular flexibility index (Phi) is 6.02. The summed E-state index contributed by atoms with van der Waals surface area (Å²) in [5.74, 6) is 7.10. The molecule has 14 atom stereocenters. The van der Waals surface area contributed by atoms with Crippen LogP contribution < -0.4 is 0 Å².